The third-order valence-electron chi connectivity index (χ3n) is 3.63. The van der Waals surface area contributed by atoms with E-state index in [1.165, 1.54) is 12.1 Å². The third-order valence-corrected chi connectivity index (χ3v) is 3.63. The minimum atomic E-state index is -0.379. The van der Waals surface area contributed by atoms with Gasteiger partial charge in [-0.05, 0) is 6.07 Å². The lowest BCUT2D eigenvalue weighted by Gasteiger charge is -2.12. The molecule has 0 bridgehead atoms. The van der Waals surface area contributed by atoms with Crippen molar-refractivity contribution in [2.45, 2.75) is 0 Å². The van der Waals surface area contributed by atoms with Crippen molar-refractivity contribution in [3.8, 4) is 11.5 Å². The fraction of sp³-hybridized carbons (Fsp3) is 0. The molecule has 4 rings (SSSR count). The van der Waals surface area contributed by atoms with Gasteiger partial charge in [0.25, 0.3) is 0 Å². The maximum atomic E-state index is 12.6. The number of hydrogen-bond acceptors (Lipinski definition) is 5. The standard InChI is InChI=1S/C16H8O5/c17-10-5-9-12(6-11(10)18)21-16-13(9)14(19)7-3-1-2-4-8(7)15(16)20/h1-6,17-18H. The molecule has 2 N–H and O–H groups in total. The fourth-order valence-corrected chi connectivity index (χ4v) is 2.64. The number of furan rings is 1. The topological polar surface area (TPSA) is 87.7 Å². The third kappa shape index (κ3) is 1.40. The molecule has 21 heavy (non-hydrogen) atoms. The van der Waals surface area contributed by atoms with Crippen LogP contribution in [0.4, 0.5) is 0 Å². The highest BCUT2D eigenvalue weighted by atomic mass is 16.3. The quantitative estimate of drug-likeness (QED) is 0.483. The lowest BCUT2D eigenvalue weighted by molar-refractivity contribution is 0.0962. The van der Waals surface area contributed by atoms with Crippen molar-refractivity contribution in [1.82, 2.24) is 0 Å². The molecule has 0 spiro atoms. The van der Waals surface area contributed by atoms with E-state index in [1.54, 1.807) is 24.3 Å². The highest BCUT2D eigenvalue weighted by Crippen LogP contribution is 2.39. The van der Waals surface area contributed by atoms with Crippen LogP contribution in [0.15, 0.2) is 40.8 Å². The Labute approximate surface area is 118 Å². The first-order chi connectivity index (χ1) is 10.1. The maximum Gasteiger partial charge on any atom is 0.229 e. The number of phenolic OH excluding ortho intramolecular Hbond substituents is 2. The van der Waals surface area contributed by atoms with E-state index in [4.69, 9.17) is 4.42 Å². The van der Waals surface area contributed by atoms with Crippen molar-refractivity contribution in [1.29, 1.82) is 0 Å². The van der Waals surface area contributed by atoms with E-state index >= 15 is 0 Å². The van der Waals surface area contributed by atoms with Gasteiger partial charge in [0.05, 0.1) is 5.56 Å². The lowest BCUT2D eigenvalue weighted by atomic mass is 9.87. The Morgan fingerprint density at radius 2 is 1.48 bits per heavy atom. The van der Waals surface area contributed by atoms with Gasteiger partial charge in [-0.25, -0.2) is 0 Å². The van der Waals surface area contributed by atoms with Gasteiger partial charge in [0.2, 0.25) is 5.78 Å². The van der Waals surface area contributed by atoms with Crippen LogP contribution in [0, 0.1) is 0 Å². The van der Waals surface area contributed by atoms with Gasteiger partial charge in [0.1, 0.15) is 5.58 Å². The van der Waals surface area contributed by atoms with E-state index < -0.39 is 0 Å². The molecule has 1 aromatic heterocycles. The minimum Gasteiger partial charge on any atom is -0.504 e. The summed E-state index contributed by atoms with van der Waals surface area (Å²) in [6, 6.07) is 8.93. The van der Waals surface area contributed by atoms with Crippen LogP contribution in [0.25, 0.3) is 11.0 Å². The Bertz CT molecular complexity index is 949. The summed E-state index contributed by atoms with van der Waals surface area (Å²) in [5, 5.41) is 19.4. The molecular formula is C16H8O5. The van der Waals surface area contributed by atoms with Gasteiger partial charge in [-0.15, -0.1) is 0 Å². The number of phenols is 2. The number of ketones is 2. The van der Waals surface area contributed by atoms with Crippen molar-refractivity contribution >= 4 is 22.5 Å². The van der Waals surface area contributed by atoms with Crippen LogP contribution in [0.5, 0.6) is 11.5 Å². The van der Waals surface area contributed by atoms with Crippen molar-refractivity contribution in [2.24, 2.45) is 0 Å². The molecular weight excluding hydrogens is 272 g/mol. The van der Waals surface area contributed by atoms with Gasteiger partial charge in [-0.3, -0.25) is 9.59 Å². The average molecular weight is 280 g/mol. The number of aromatic hydroxyl groups is 2. The summed E-state index contributed by atoms with van der Waals surface area (Å²) in [7, 11) is 0. The number of carbonyl (C=O) groups excluding carboxylic acids is 2. The predicted molar refractivity (Wildman–Crippen MR) is 72.9 cm³/mol. The van der Waals surface area contributed by atoms with E-state index in [0.29, 0.717) is 16.5 Å². The summed E-state index contributed by atoms with van der Waals surface area (Å²) in [4.78, 5) is 25.0. The molecule has 2 aromatic carbocycles. The first-order valence-electron chi connectivity index (χ1n) is 6.25. The van der Waals surface area contributed by atoms with Gasteiger partial charge in [0.15, 0.2) is 23.0 Å². The van der Waals surface area contributed by atoms with Crippen molar-refractivity contribution < 1.29 is 24.2 Å². The summed E-state index contributed by atoms with van der Waals surface area (Å²) in [6.45, 7) is 0. The van der Waals surface area contributed by atoms with Crippen molar-refractivity contribution in [3.63, 3.8) is 0 Å². The average Bonchev–Trinajstić information content (AvgIpc) is 2.84. The zero-order valence-corrected chi connectivity index (χ0v) is 10.6. The molecule has 0 fully saturated rings. The molecule has 102 valence electrons. The summed E-state index contributed by atoms with van der Waals surface area (Å²) >= 11 is 0. The first-order valence-corrected chi connectivity index (χ1v) is 6.25. The first kappa shape index (κ1) is 11.7. The highest BCUT2D eigenvalue weighted by Gasteiger charge is 2.35. The molecule has 0 atom stereocenters. The van der Waals surface area contributed by atoms with E-state index in [9.17, 15) is 19.8 Å². The fourth-order valence-electron chi connectivity index (χ4n) is 2.64. The van der Waals surface area contributed by atoms with E-state index in [1.807, 2.05) is 0 Å². The van der Waals surface area contributed by atoms with Crippen LogP contribution in [-0.2, 0) is 0 Å². The predicted octanol–water partition coefficient (Wildman–Crippen LogP) is 2.62. The van der Waals surface area contributed by atoms with Gasteiger partial charge >= 0.3 is 0 Å². The zero-order valence-electron chi connectivity index (χ0n) is 10.6. The molecule has 5 nitrogen and oxygen atoms in total. The number of fused-ring (bicyclic) bond motifs is 4. The second-order valence-corrected chi connectivity index (χ2v) is 4.85. The van der Waals surface area contributed by atoms with E-state index in [0.717, 1.165) is 0 Å². The Kier molecular flexibility index (Phi) is 2.08. The van der Waals surface area contributed by atoms with Crippen molar-refractivity contribution in [2.75, 3.05) is 0 Å². The number of carbonyl (C=O) groups is 2. The lowest BCUT2D eigenvalue weighted by Crippen LogP contribution is -2.19. The Morgan fingerprint density at radius 1 is 0.857 bits per heavy atom. The van der Waals surface area contributed by atoms with Gasteiger partial charge < -0.3 is 14.6 Å². The van der Waals surface area contributed by atoms with Crippen LogP contribution in [-0.4, -0.2) is 21.8 Å². The molecule has 0 aliphatic heterocycles. The second kappa shape index (κ2) is 3.73. The second-order valence-electron chi connectivity index (χ2n) is 4.85. The summed E-state index contributed by atoms with van der Waals surface area (Å²) in [5.74, 6) is -1.51. The van der Waals surface area contributed by atoms with Crippen molar-refractivity contribution in [3.05, 3.63) is 58.8 Å². The normalized spacial score (nSPS) is 13.3. The Morgan fingerprint density at radius 3 is 2.19 bits per heavy atom. The maximum absolute atomic E-state index is 12.6. The Balaban J connectivity index is 2.11. The molecule has 1 aliphatic carbocycles. The summed E-state index contributed by atoms with van der Waals surface area (Å²) in [6.07, 6.45) is 0. The summed E-state index contributed by atoms with van der Waals surface area (Å²) < 4.78 is 5.42. The van der Waals surface area contributed by atoms with Crippen LogP contribution in [0.2, 0.25) is 0 Å². The van der Waals surface area contributed by atoms with E-state index in [-0.39, 0.29) is 40.0 Å². The Hall–Kier alpha value is -3.08. The number of benzene rings is 2. The number of rotatable bonds is 0. The van der Waals surface area contributed by atoms with Gasteiger partial charge in [0, 0.05) is 22.6 Å². The summed E-state index contributed by atoms with van der Waals surface area (Å²) in [5.41, 5.74) is 0.918. The molecule has 0 saturated carbocycles. The van der Waals surface area contributed by atoms with Crippen LogP contribution >= 0.6 is 0 Å². The SMILES string of the molecule is O=C1c2ccccc2C(=O)c2c1oc1cc(O)c(O)cc21. The van der Waals surface area contributed by atoms with E-state index in [2.05, 4.69) is 0 Å². The number of hydrogen-bond donors (Lipinski definition) is 2. The molecule has 5 heteroatoms. The molecule has 0 unspecified atom stereocenters. The highest BCUT2D eigenvalue weighted by molar-refractivity contribution is 6.31. The zero-order chi connectivity index (χ0) is 14.7. The molecule has 0 amide bonds. The minimum absolute atomic E-state index is 0.0568. The molecule has 1 aliphatic rings. The smallest absolute Gasteiger partial charge is 0.229 e. The molecule has 0 saturated heterocycles. The molecule has 3 aromatic rings. The van der Waals surface area contributed by atoms with Crippen LogP contribution in [0.3, 0.4) is 0 Å². The van der Waals surface area contributed by atoms with Gasteiger partial charge in [-0.2, -0.15) is 0 Å². The molecule has 0 radical (unpaired) electrons. The largest absolute Gasteiger partial charge is 0.504 e. The molecule has 1 heterocycles. The monoisotopic (exact) mass is 280 g/mol. The van der Waals surface area contributed by atoms with Crippen LogP contribution < -0.4 is 0 Å². The van der Waals surface area contributed by atoms with Crippen LogP contribution in [0.1, 0.15) is 32.0 Å². The van der Waals surface area contributed by atoms with Gasteiger partial charge in [-0.1, -0.05) is 24.3 Å².